The second kappa shape index (κ2) is 9.94. The van der Waals surface area contributed by atoms with Crippen LogP contribution in [0.25, 0.3) is 44.5 Å². The van der Waals surface area contributed by atoms with E-state index in [9.17, 15) is 0 Å². The first-order chi connectivity index (χ1) is 18.8. The maximum absolute atomic E-state index is 5.23. The van der Waals surface area contributed by atoms with Crippen LogP contribution in [-0.4, -0.2) is 22.1 Å². The van der Waals surface area contributed by atoms with Crippen molar-refractivity contribution in [2.75, 3.05) is 10.6 Å². The summed E-state index contributed by atoms with van der Waals surface area (Å²) in [6.07, 6.45) is 9.60. The van der Waals surface area contributed by atoms with Gasteiger partial charge < -0.3 is 10.6 Å². The normalized spacial score (nSPS) is 15.6. The van der Waals surface area contributed by atoms with Crippen LogP contribution in [0, 0.1) is 0 Å². The Morgan fingerprint density at radius 1 is 0.579 bits per heavy atom. The molecule has 0 spiro atoms. The van der Waals surface area contributed by atoms with E-state index >= 15 is 0 Å². The summed E-state index contributed by atoms with van der Waals surface area (Å²) < 4.78 is 0. The molecular weight excluding hydrogens is 464 g/mol. The van der Waals surface area contributed by atoms with Gasteiger partial charge in [0.2, 0.25) is 0 Å². The highest BCUT2D eigenvalue weighted by atomic mass is 14.9. The van der Waals surface area contributed by atoms with Crippen LogP contribution < -0.4 is 10.6 Å². The van der Waals surface area contributed by atoms with Crippen LogP contribution in [0.4, 0.5) is 11.4 Å². The lowest BCUT2D eigenvalue weighted by molar-refractivity contribution is 0.445. The predicted molar refractivity (Wildman–Crippen MR) is 158 cm³/mol. The van der Waals surface area contributed by atoms with E-state index in [1.54, 1.807) is 0 Å². The molecule has 7 rings (SSSR count). The van der Waals surface area contributed by atoms with Gasteiger partial charge in [-0.25, -0.2) is 4.98 Å². The van der Waals surface area contributed by atoms with Gasteiger partial charge in [-0.15, -0.1) is 0 Å². The lowest BCUT2D eigenvalue weighted by atomic mass is 9.92. The number of benzene rings is 3. The molecule has 3 aromatic carbocycles. The summed E-state index contributed by atoms with van der Waals surface area (Å²) in [5.41, 5.74) is 9.79. The standard InChI is InChI=1S/C34H32N4/c1-2-6-23(7-3-1)30-22-31-32(38-34(30)25-14-18-29(19-15-25)37-27-10-5-11-27)20-21-35-33(31)24-12-16-28(17-13-24)36-26-8-4-9-26/h1-3,6-7,12-22,26-27,36-37H,4-5,8-11H2. The topological polar surface area (TPSA) is 49.8 Å². The lowest BCUT2D eigenvalue weighted by Gasteiger charge is -2.27. The highest BCUT2D eigenvalue weighted by molar-refractivity contribution is 5.98. The number of nitrogens with one attached hydrogen (secondary N) is 2. The molecule has 0 aliphatic heterocycles. The van der Waals surface area contributed by atoms with Crippen LogP contribution in [0.3, 0.4) is 0 Å². The Kier molecular flexibility index (Phi) is 6.01. The van der Waals surface area contributed by atoms with Gasteiger partial charge in [-0.1, -0.05) is 54.6 Å². The summed E-state index contributed by atoms with van der Waals surface area (Å²) in [6, 6.07) is 33.6. The van der Waals surface area contributed by atoms with Crippen LogP contribution in [-0.2, 0) is 0 Å². The van der Waals surface area contributed by atoms with E-state index in [1.807, 2.05) is 12.3 Å². The van der Waals surface area contributed by atoms with Crippen molar-refractivity contribution in [3.8, 4) is 33.6 Å². The molecule has 2 aromatic heterocycles. The summed E-state index contributed by atoms with van der Waals surface area (Å²) >= 11 is 0. The van der Waals surface area contributed by atoms with Crippen molar-refractivity contribution in [3.05, 3.63) is 97.2 Å². The molecule has 0 bridgehead atoms. The Morgan fingerprint density at radius 2 is 1.16 bits per heavy atom. The highest BCUT2D eigenvalue weighted by Gasteiger charge is 2.19. The predicted octanol–water partition coefficient (Wildman–Crippen LogP) is 8.56. The first-order valence-corrected chi connectivity index (χ1v) is 13.9. The fourth-order valence-corrected chi connectivity index (χ4v) is 5.41. The zero-order valence-electron chi connectivity index (χ0n) is 21.5. The summed E-state index contributed by atoms with van der Waals surface area (Å²) in [4.78, 5) is 10.0. The molecule has 2 heterocycles. The monoisotopic (exact) mass is 496 g/mol. The first kappa shape index (κ1) is 23.0. The molecule has 2 saturated carbocycles. The second-order valence-electron chi connectivity index (χ2n) is 10.7. The van der Waals surface area contributed by atoms with E-state index in [2.05, 4.69) is 95.6 Å². The van der Waals surface area contributed by atoms with E-state index < -0.39 is 0 Å². The van der Waals surface area contributed by atoms with Crippen molar-refractivity contribution in [2.24, 2.45) is 0 Å². The zero-order valence-corrected chi connectivity index (χ0v) is 21.5. The number of rotatable bonds is 7. The van der Waals surface area contributed by atoms with E-state index in [-0.39, 0.29) is 0 Å². The number of nitrogens with zero attached hydrogens (tertiary/aromatic N) is 2. The van der Waals surface area contributed by atoms with Gasteiger partial charge in [-0.2, -0.15) is 0 Å². The number of aromatic nitrogens is 2. The molecule has 2 aliphatic rings. The molecular formula is C34H32N4. The van der Waals surface area contributed by atoms with Crippen molar-refractivity contribution in [1.29, 1.82) is 0 Å². The first-order valence-electron chi connectivity index (χ1n) is 13.9. The minimum Gasteiger partial charge on any atom is -0.382 e. The molecule has 0 amide bonds. The smallest absolute Gasteiger partial charge is 0.0796 e. The Labute approximate surface area is 224 Å². The quantitative estimate of drug-likeness (QED) is 0.237. The van der Waals surface area contributed by atoms with Gasteiger partial charge in [-0.3, -0.25) is 4.98 Å². The Morgan fingerprint density at radius 3 is 1.71 bits per heavy atom. The SMILES string of the molecule is c1ccc(-c2cc3c(-c4ccc(NC5CCC5)cc4)nccc3nc2-c2ccc(NC3CCC3)cc2)cc1. The largest absolute Gasteiger partial charge is 0.382 e. The molecule has 2 N–H and O–H groups in total. The number of fused-ring (bicyclic) bond motifs is 1. The zero-order chi connectivity index (χ0) is 25.3. The minimum absolute atomic E-state index is 0.619. The van der Waals surface area contributed by atoms with Crippen molar-refractivity contribution in [2.45, 2.75) is 50.6 Å². The van der Waals surface area contributed by atoms with E-state index in [0.717, 1.165) is 44.5 Å². The number of anilines is 2. The Hall–Kier alpha value is -4.18. The van der Waals surface area contributed by atoms with Crippen molar-refractivity contribution < 1.29 is 0 Å². The maximum atomic E-state index is 5.23. The maximum Gasteiger partial charge on any atom is 0.0796 e. The Balaban J connectivity index is 1.29. The van der Waals surface area contributed by atoms with Gasteiger partial charge in [0.1, 0.15) is 0 Å². The molecule has 38 heavy (non-hydrogen) atoms. The third-order valence-corrected chi connectivity index (χ3v) is 8.10. The molecule has 2 aliphatic carbocycles. The fourth-order valence-electron chi connectivity index (χ4n) is 5.41. The van der Waals surface area contributed by atoms with Gasteiger partial charge in [0.25, 0.3) is 0 Å². The lowest BCUT2D eigenvalue weighted by Crippen LogP contribution is -2.26. The Bertz CT molecular complexity index is 1550. The minimum atomic E-state index is 0.619. The molecule has 2 fully saturated rings. The summed E-state index contributed by atoms with van der Waals surface area (Å²) in [6.45, 7) is 0. The van der Waals surface area contributed by atoms with Gasteiger partial charge in [-0.05, 0) is 80.5 Å². The van der Waals surface area contributed by atoms with Gasteiger partial charge >= 0.3 is 0 Å². The van der Waals surface area contributed by atoms with Crippen LogP contribution in [0.5, 0.6) is 0 Å². The van der Waals surface area contributed by atoms with Crippen molar-refractivity contribution in [1.82, 2.24) is 9.97 Å². The molecule has 0 unspecified atom stereocenters. The van der Waals surface area contributed by atoms with Crippen LogP contribution >= 0.6 is 0 Å². The number of hydrogen-bond acceptors (Lipinski definition) is 4. The third kappa shape index (κ3) is 4.51. The summed E-state index contributed by atoms with van der Waals surface area (Å²) in [7, 11) is 0. The summed E-state index contributed by atoms with van der Waals surface area (Å²) in [5.74, 6) is 0. The molecule has 0 radical (unpaired) electrons. The van der Waals surface area contributed by atoms with E-state index in [1.165, 1.54) is 49.9 Å². The molecule has 0 saturated heterocycles. The van der Waals surface area contributed by atoms with E-state index in [0.29, 0.717) is 12.1 Å². The number of hydrogen-bond donors (Lipinski definition) is 2. The molecule has 5 aromatic rings. The average molecular weight is 497 g/mol. The molecule has 0 atom stereocenters. The second-order valence-corrected chi connectivity index (χ2v) is 10.7. The average Bonchev–Trinajstić information content (AvgIpc) is 2.93. The summed E-state index contributed by atoms with van der Waals surface area (Å²) in [5, 5.41) is 8.35. The van der Waals surface area contributed by atoms with Crippen LogP contribution in [0.2, 0.25) is 0 Å². The third-order valence-electron chi connectivity index (χ3n) is 8.10. The van der Waals surface area contributed by atoms with Crippen LogP contribution in [0.15, 0.2) is 97.2 Å². The van der Waals surface area contributed by atoms with Gasteiger partial charge in [0, 0.05) is 51.7 Å². The van der Waals surface area contributed by atoms with Gasteiger partial charge in [0.15, 0.2) is 0 Å². The van der Waals surface area contributed by atoms with Crippen molar-refractivity contribution >= 4 is 22.3 Å². The highest BCUT2D eigenvalue weighted by Crippen LogP contribution is 2.37. The van der Waals surface area contributed by atoms with Crippen LogP contribution in [0.1, 0.15) is 38.5 Å². The molecule has 188 valence electrons. The van der Waals surface area contributed by atoms with Gasteiger partial charge in [0.05, 0.1) is 16.9 Å². The number of pyridine rings is 2. The van der Waals surface area contributed by atoms with Crippen molar-refractivity contribution in [3.63, 3.8) is 0 Å². The molecule has 4 heteroatoms. The molecule has 4 nitrogen and oxygen atoms in total. The fraction of sp³-hybridized carbons (Fsp3) is 0.235. The van der Waals surface area contributed by atoms with E-state index in [4.69, 9.17) is 9.97 Å².